The quantitative estimate of drug-likeness (QED) is 0.673. The molecule has 0 aliphatic rings. The van der Waals surface area contributed by atoms with E-state index in [9.17, 15) is 0 Å². The Kier molecular flexibility index (Phi) is 1.43. The summed E-state index contributed by atoms with van der Waals surface area (Å²) in [4.78, 5) is 0. The van der Waals surface area contributed by atoms with Crippen molar-refractivity contribution in [3.05, 3.63) is 24.3 Å². The first kappa shape index (κ1) is 4.61. The fourth-order valence-corrected chi connectivity index (χ4v) is 0.687. The summed E-state index contributed by atoms with van der Waals surface area (Å²) >= 11 is 0. The molecule has 0 saturated heterocycles. The van der Waals surface area contributed by atoms with Crippen LogP contribution in [-0.2, 0) is 0 Å². The molecule has 10 heavy (non-hydrogen) atoms. The first-order valence-electron chi connectivity index (χ1n) is 4.13. The minimum absolute atomic E-state index is 0.755. The number of hydrogen-bond acceptors (Lipinski definition) is 2. The summed E-state index contributed by atoms with van der Waals surface area (Å²) in [6.45, 7) is -1.03. The van der Waals surface area contributed by atoms with E-state index in [2.05, 4.69) is 5.32 Å². The summed E-state index contributed by atoms with van der Waals surface area (Å²) in [6, 6.07) is 7.11. The fourth-order valence-electron chi connectivity index (χ4n) is 0.687. The second kappa shape index (κ2) is 3.11. The van der Waals surface area contributed by atoms with E-state index in [1.54, 1.807) is 31.4 Å². The highest BCUT2D eigenvalue weighted by Crippen LogP contribution is 2.13. The summed E-state index contributed by atoms with van der Waals surface area (Å²) < 4.78 is 18.8. The molecule has 0 aromatic heterocycles. The normalized spacial score (nSPS) is 12.2. The predicted octanol–water partition coefficient (Wildman–Crippen LogP) is 1.74. The SMILES string of the molecule is [2H]C([2H])Nc1ccc(OC)cc1. The third kappa shape index (κ3) is 1.41. The average Bonchev–Trinajstić information content (AvgIpc) is 2.05. The largest absolute Gasteiger partial charge is 0.497 e. The molecule has 0 atom stereocenters. The summed E-state index contributed by atoms with van der Waals surface area (Å²) in [5.74, 6) is 0.770. The molecule has 0 bridgehead atoms. The maximum absolute atomic E-state index is 6.94. The molecule has 0 spiro atoms. The lowest BCUT2D eigenvalue weighted by molar-refractivity contribution is 0.415. The molecule has 0 amide bonds. The van der Waals surface area contributed by atoms with Crippen LogP contribution in [0.1, 0.15) is 2.74 Å². The Morgan fingerprint density at radius 3 is 2.60 bits per heavy atom. The van der Waals surface area contributed by atoms with Gasteiger partial charge in [-0.2, -0.15) is 0 Å². The Bertz CT molecular complexity index is 235. The van der Waals surface area contributed by atoms with Crippen molar-refractivity contribution in [2.45, 2.75) is 0 Å². The maximum atomic E-state index is 6.94. The Balaban J connectivity index is 2.65. The number of ether oxygens (including phenoxy) is 1. The van der Waals surface area contributed by atoms with Gasteiger partial charge in [0.25, 0.3) is 0 Å². The monoisotopic (exact) mass is 139 g/mol. The van der Waals surface area contributed by atoms with Gasteiger partial charge in [0.1, 0.15) is 5.75 Å². The standard InChI is InChI=1S/C8H11NO/c1-9-7-3-5-8(10-2)6-4-7/h3-6,9H,1-2H3/i1D2. The van der Waals surface area contributed by atoms with Crippen LogP contribution in [-0.4, -0.2) is 14.1 Å². The van der Waals surface area contributed by atoms with Crippen LogP contribution in [0.25, 0.3) is 0 Å². The number of methoxy groups -OCH3 is 1. The van der Waals surface area contributed by atoms with E-state index < -0.39 is 7.00 Å². The number of nitrogens with one attached hydrogen (secondary N) is 1. The van der Waals surface area contributed by atoms with E-state index in [0.717, 1.165) is 11.4 Å². The van der Waals surface area contributed by atoms with Gasteiger partial charge in [-0.1, -0.05) is 0 Å². The second-order valence-corrected chi connectivity index (χ2v) is 1.87. The van der Waals surface area contributed by atoms with Crippen LogP contribution in [0.15, 0.2) is 24.3 Å². The smallest absolute Gasteiger partial charge is 0.119 e. The minimum atomic E-state index is -1.03. The zero-order valence-corrected chi connectivity index (χ0v) is 5.79. The highest BCUT2D eigenvalue weighted by molar-refractivity contribution is 5.45. The van der Waals surface area contributed by atoms with Gasteiger partial charge in [-0.3, -0.25) is 0 Å². The Morgan fingerprint density at radius 1 is 1.40 bits per heavy atom. The van der Waals surface area contributed by atoms with E-state index in [4.69, 9.17) is 7.48 Å². The lowest BCUT2D eigenvalue weighted by Crippen LogP contribution is -1.87. The van der Waals surface area contributed by atoms with Gasteiger partial charge < -0.3 is 10.1 Å². The molecule has 0 saturated carbocycles. The summed E-state index contributed by atoms with van der Waals surface area (Å²) in [5.41, 5.74) is 0.755. The number of rotatable bonds is 2. The van der Waals surface area contributed by atoms with Gasteiger partial charge >= 0.3 is 0 Å². The Morgan fingerprint density at radius 2 is 2.10 bits per heavy atom. The van der Waals surface area contributed by atoms with Gasteiger partial charge in [0.05, 0.1) is 7.11 Å². The molecule has 0 radical (unpaired) electrons. The van der Waals surface area contributed by atoms with Gasteiger partial charge in [-0.25, -0.2) is 0 Å². The summed E-state index contributed by atoms with van der Waals surface area (Å²) in [5, 5.41) is 2.63. The van der Waals surface area contributed by atoms with Crippen molar-refractivity contribution >= 4 is 5.69 Å². The molecule has 1 N–H and O–H groups in total. The molecule has 1 aromatic rings. The third-order valence-corrected chi connectivity index (χ3v) is 1.26. The minimum Gasteiger partial charge on any atom is -0.497 e. The van der Waals surface area contributed by atoms with E-state index in [0.29, 0.717) is 0 Å². The molecule has 1 rings (SSSR count). The second-order valence-electron chi connectivity index (χ2n) is 1.87. The molecule has 2 nitrogen and oxygen atoms in total. The van der Waals surface area contributed by atoms with Crippen molar-refractivity contribution in [3.8, 4) is 5.75 Å². The summed E-state index contributed by atoms with van der Waals surface area (Å²) in [6.07, 6.45) is 0. The molecule has 2 heteroatoms. The first-order valence-corrected chi connectivity index (χ1v) is 2.97. The molecule has 1 aromatic carbocycles. The van der Waals surface area contributed by atoms with Crippen molar-refractivity contribution in [2.75, 3.05) is 19.4 Å². The molecular formula is C8H11NO. The van der Waals surface area contributed by atoms with Gasteiger partial charge in [-0.05, 0) is 24.3 Å². The van der Waals surface area contributed by atoms with Crippen LogP contribution in [0.4, 0.5) is 5.69 Å². The fraction of sp³-hybridized carbons (Fsp3) is 0.250. The van der Waals surface area contributed by atoms with Crippen molar-refractivity contribution < 1.29 is 7.48 Å². The van der Waals surface area contributed by atoms with E-state index >= 15 is 0 Å². The molecule has 0 aliphatic heterocycles. The van der Waals surface area contributed by atoms with Crippen LogP contribution in [0.3, 0.4) is 0 Å². The highest BCUT2D eigenvalue weighted by Gasteiger charge is 1.88. The lowest BCUT2D eigenvalue weighted by atomic mass is 10.3. The van der Waals surface area contributed by atoms with E-state index in [1.165, 1.54) is 0 Å². The van der Waals surface area contributed by atoms with Crippen molar-refractivity contribution in [3.63, 3.8) is 0 Å². The number of anilines is 1. The molecular weight excluding hydrogens is 126 g/mol. The number of benzene rings is 1. The van der Waals surface area contributed by atoms with Crippen LogP contribution in [0, 0.1) is 0 Å². The third-order valence-electron chi connectivity index (χ3n) is 1.26. The number of hydrogen-bond donors (Lipinski definition) is 1. The molecule has 0 heterocycles. The zero-order valence-electron chi connectivity index (χ0n) is 7.79. The molecule has 54 valence electrons. The predicted molar refractivity (Wildman–Crippen MR) is 42.5 cm³/mol. The average molecular weight is 139 g/mol. The van der Waals surface area contributed by atoms with Crippen molar-refractivity contribution in [1.29, 1.82) is 0 Å². The van der Waals surface area contributed by atoms with Crippen LogP contribution >= 0.6 is 0 Å². The van der Waals surface area contributed by atoms with E-state index in [1.807, 2.05) is 0 Å². The Labute approximate surface area is 63.6 Å². The van der Waals surface area contributed by atoms with Gasteiger partial charge in [0, 0.05) is 15.4 Å². The van der Waals surface area contributed by atoms with Gasteiger partial charge in [0.2, 0.25) is 0 Å². The molecule has 0 unspecified atom stereocenters. The topological polar surface area (TPSA) is 21.3 Å². The zero-order chi connectivity index (χ0) is 8.97. The van der Waals surface area contributed by atoms with Crippen LogP contribution in [0.5, 0.6) is 5.75 Å². The van der Waals surface area contributed by atoms with Gasteiger partial charge in [0.15, 0.2) is 0 Å². The summed E-state index contributed by atoms with van der Waals surface area (Å²) in [7, 11) is 1.60. The first-order chi connectivity index (χ1) is 5.72. The van der Waals surface area contributed by atoms with E-state index in [-0.39, 0.29) is 0 Å². The highest BCUT2D eigenvalue weighted by atomic mass is 16.5. The van der Waals surface area contributed by atoms with Crippen LogP contribution < -0.4 is 10.1 Å². The van der Waals surface area contributed by atoms with Crippen molar-refractivity contribution in [2.24, 2.45) is 0 Å². The maximum Gasteiger partial charge on any atom is 0.119 e. The lowest BCUT2D eigenvalue weighted by Gasteiger charge is -2.00. The van der Waals surface area contributed by atoms with Crippen LogP contribution in [0.2, 0.25) is 0 Å². The Hall–Kier alpha value is -1.18. The van der Waals surface area contributed by atoms with Crippen molar-refractivity contribution in [1.82, 2.24) is 0 Å². The molecule has 0 aliphatic carbocycles. The van der Waals surface area contributed by atoms with Gasteiger partial charge in [-0.15, -0.1) is 0 Å². The molecule has 0 fully saturated rings.